The van der Waals surface area contributed by atoms with Gasteiger partial charge in [0.15, 0.2) is 17.7 Å². The molecule has 0 amide bonds. The molecule has 3 aromatic rings. The lowest BCUT2D eigenvalue weighted by Gasteiger charge is -2.25. The predicted octanol–water partition coefficient (Wildman–Crippen LogP) is 2.17. The van der Waals surface area contributed by atoms with E-state index in [0.29, 0.717) is 29.0 Å². The molecule has 1 fully saturated rings. The van der Waals surface area contributed by atoms with Crippen LogP contribution in [0.5, 0.6) is 0 Å². The van der Waals surface area contributed by atoms with Crippen LogP contribution in [0, 0.1) is 11.8 Å². The molecular weight excluding hydrogens is 403 g/mol. The highest BCUT2D eigenvalue weighted by Crippen LogP contribution is 2.43. The van der Waals surface area contributed by atoms with Gasteiger partial charge in [-0.2, -0.15) is 0 Å². The van der Waals surface area contributed by atoms with Crippen molar-refractivity contribution in [3.8, 4) is 11.8 Å². The summed E-state index contributed by atoms with van der Waals surface area (Å²) in [5, 5.41) is 20.3. The number of aliphatic hydroxyl groups is 2. The van der Waals surface area contributed by atoms with Crippen LogP contribution in [-0.2, 0) is 9.57 Å². The van der Waals surface area contributed by atoms with E-state index >= 15 is 4.39 Å². The molecule has 4 atom stereocenters. The minimum absolute atomic E-state index is 0.356. The van der Waals surface area contributed by atoms with Gasteiger partial charge in [-0.1, -0.05) is 30.0 Å². The maximum Gasteiger partial charge on any atom is 0.181 e. The second-order valence-electron chi connectivity index (χ2n) is 7.33. The number of benzene rings is 1. The molecule has 0 unspecified atom stereocenters. The number of fused-ring (bicyclic) bond motifs is 1. The van der Waals surface area contributed by atoms with Gasteiger partial charge in [0.1, 0.15) is 24.2 Å². The van der Waals surface area contributed by atoms with E-state index in [9.17, 15) is 10.2 Å². The fourth-order valence-electron chi connectivity index (χ4n) is 3.60. The highest BCUT2D eigenvalue weighted by atomic mass is 19.1. The summed E-state index contributed by atoms with van der Waals surface area (Å²) in [4.78, 5) is 13.8. The number of hydrogen-bond acceptors (Lipinski definition) is 7. The van der Waals surface area contributed by atoms with Gasteiger partial charge in [-0.3, -0.25) is 4.84 Å². The zero-order valence-electron chi connectivity index (χ0n) is 17.1. The van der Waals surface area contributed by atoms with Crippen molar-refractivity contribution >= 4 is 16.9 Å². The first kappa shape index (κ1) is 21.2. The Bertz CT molecular complexity index is 1120. The van der Waals surface area contributed by atoms with Crippen molar-refractivity contribution in [2.45, 2.75) is 38.0 Å². The van der Waals surface area contributed by atoms with Crippen molar-refractivity contribution in [3.63, 3.8) is 0 Å². The largest absolute Gasteiger partial charge is 0.394 e. The number of nitrogens with zero attached hydrogens (tertiary/aromatic N) is 3. The second kappa shape index (κ2) is 8.61. The van der Waals surface area contributed by atoms with Crippen LogP contribution in [0.25, 0.3) is 11.0 Å². The van der Waals surface area contributed by atoms with E-state index in [0.717, 1.165) is 5.56 Å². The molecule has 31 heavy (non-hydrogen) atoms. The lowest BCUT2D eigenvalue weighted by atomic mass is 9.98. The zero-order valence-corrected chi connectivity index (χ0v) is 17.1. The Morgan fingerprint density at radius 3 is 2.74 bits per heavy atom. The molecule has 0 radical (unpaired) electrons. The molecule has 8 nitrogen and oxygen atoms in total. The maximum atomic E-state index is 15.5. The van der Waals surface area contributed by atoms with Crippen LogP contribution in [0.4, 0.5) is 10.2 Å². The molecule has 9 heteroatoms. The van der Waals surface area contributed by atoms with Gasteiger partial charge in [-0.15, -0.1) is 0 Å². The predicted molar refractivity (Wildman–Crippen MR) is 112 cm³/mol. The molecule has 2 aromatic heterocycles. The van der Waals surface area contributed by atoms with Gasteiger partial charge in [0, 0.05) is 11.8 Å². The Kier molecular flexibility index (Phi) is 5.89. The van der Waals surface area contributed by atoms with Crippen LogP contribution >= 0.6 is 0 Å². The topological polar surface area (TPSA) is 102 Å². The van der Waals surface area contributed by atoms with Crippen LogP contribution in [0.2, 0.25) is 0 Å². The third-order valence-electron chi connectivity index (χ3n) is 5.19. The second-order valence-corrected chi connectivity index (χ2v) is 7.33. The molecule has 0 bridgehead atoms. The fourth-order valence-corrected chi connectivity index (χ4v) is 3.60. The number of aliphatic hydroxyl groups excluding tert-OH is 2. The minimum Gasteiger partial charge on any atom is -0.394 e. The number of alkyl halides is 1. The molecule has 3 heterocycles. The van der Waals surface area contributed by atoms with Gasteiger partial charge < -0.3 is 19.5 Å². The fraction of sp³-hybridized carbons (Fsp3) is 0.364. The molecule has 0 aliphatic carbocycles. The Hall–Kier alpha value is -3.03. The van der Waals surface area contributed by atoms with Crippen molar-refractivity contribution in [1.82, 2.24) is 14.5 Å². The zero-order chi connectivity index (χ0) is 22.0. The molecular formula is C22H23FN4O4. The van der Waals surface area contributed by atoms with E-state index in [4.69, 9.17) is 9.57 Å². The Morgan fingerprint density at radius 1 is 1.29 bits per heavy atom. The SMILES string of the molecule is CCONc1ncnc2c1c(C#Cc1ccccc1)cn2[C@@H]1O[C@H](CO)[C@@H](O)[C@@]1(C)F. The van der Waals surface area contributed by atoms with E-state index in [2.05, 4.69) is 27.3 Å². The van der Waals surface area contributed by atoms with Crippen LogP contribution in [0.3, 0.4) is 0 Å². The van der Waals surface area contributed by atoms with E-state index < -0.39 is 30.7 Å². The number of hydrogen-bond donors (Lipinski definition) is 3. The van der Waals surface area contributed by atoms with E-state index in [1.54, 1.807) is 6.20 Å². The number of anilines is 1. The van der Waals surface area contributed by atoms with Crippen molar-refractivity contribution in [1.29, 1.82) is 0 Å². The highest BCUT2D eigenvalue weighted by Gasteiger charge is 2.55. The molecule has 1 aliphatic heterocycles. The van der Waals surface area contributed by atoms with Crippen LogP contribution in [-0.4, -0.2) is 55.8 Å². The standard InChI is InChI=1S/C22H23FN4O4/c1-3-30-26-19-17-15(10-9-14-7-5-4-6-8-14)11-27(20(17)25-13-24-19)21-22(2,23)18(29)16(12-28)31-21/h4-8,11,13,16,18,21,28-29H,3,12H2,1-2H3,(H,24,25,26)/t16-,18-,21-,22-/m1/s1. The lowest BCUT2D eigenvalue weighted by Crippen LogP contribution is -2.40. The summed E-state index contributed by atoms with van der Waals surface area (Å²) in [5.41, 5.74) is 2.30. The average Bonchev–Trinajstić information content (AvgIpc) is 3.26. The van der Waals surface area contributed by atoms with Gasteiger partial charge in [-0.05, 0) is 26.0 Å². The smallest absolute Gasteiger partial charge is 0.181 e. The Labute approximate surface area is 178 Å². The Morgan fingerprint density at radius 2 is 2.06 bits per heavy atom. The average molecular weight is 426 g/mol. The summed E-state index contributed by atoms with van der Waals surface area (Å²) < 4.78 is 22.6. The summed E-state index contributed by atoms with van der Waals surface area (Å²) in [6, 6.07) is 9.43. The number of halogens is 1. The minimum atomic E-state index is -2.16. The molecule has 1 aromatic carbocycles. The van der Waals surface area contributed by atoms with Gasteiger partial charge in [-0.25, -0.2) is 19.8 Å². The van der Waals surface area contributed by atoms with Gasteiger partial charge in [0.2, 0.25) is 0 Å². The molecule has 0 spiro atoms. The number of rotatable bonds is 5. The quantitative estimate of drug-likeness (QED) is 0.425. The van der Waals surface area contributed by atoms with Gasteiger partial charge in [0.05, 0.1) is 24.2 Å². The third kappa shape index (κ3) is 3.86. The highest BCUT2D eigenvalue weighted by molar-refractivity contribution is 5.93. The van der Waals surface area contributed by atoms with Gasteiger partial charge >= 0.3 is 0 Å². The van der Waals surface area contributed by atoms with Crippen molar-refractivity contribution in [2.24, 2.45) is 0 Å². The normalized spacial score (nSPS) is 25.4. The van der Waals surface area contributed by atoms with Crippen molar-refractivity contribution < 1.29 is 24.2 Å². The maximum absolute atomic E-state index is 15.5. The Balaban J connectivity index is 1.87. The summed E-state index contributed by atoms with van der Waals surface area (Å²) in [6.45, 7) is 2.95. The lowest BCUT2D eigenvalue weighted by molar-refractivity contribution is -0.0564. The van der Waals surface area contributed by atoms with Gasteiger partial charge in [0.25, 0.3) is 0 Å². The van der Waals surface area contributed by atoms with E-state index in [1.165, 1.54) is 17.8 Å². The summed E-state index contributed by atoms with van der Waals surface area (Å²) in [6.07, 6.45) is -0.842. The van der Waals surface area contributed by atoms with Crippen LogP contribution in [0.1, 0.15) is 31.2 Å². The molecule has 3 N–H and O–H groups in total. The van der Waals surface area contributed by atoms with E-state index in [1.807, 2.05) is 37.3 Å². The molecule has 1 aliphatic rings. The number of ether oxygens (including phenoxy) is 1. The monoisotopic (exact) mass is 426 g/mol. The summed E-state index contributed by atoms with van der Waals surface area (Å²) in [7, 11) is 0. The summed E-state index contributed by atoms with van der Waals surface area (Å²) >= 11 is 0. The number of aromatic nitrogens is 3. The summed E-state index contributed by atoms with van der Waals surface area (Å²) in [5.74, 6) is 6.55. The third-order valence-corrected chi connectivity index (χ3v) is 5.19. The first-order valence-electron chi connectivity index (χ1n) is 9.91. The first-order chi connectivity index (χ1) is 15.0. The molecule has 162 valence electrons. The van der Waals surface area contributed by atoms with Crippen molar-refractivity contribution in [2.75, 3.05) is 18.7 Å². The van der Waals surface area contributed by atoms with Crippen molar-refractivity contribution in [3.05, 3.63) is 54.0 Å². The van der Waals surface area contributed by atoms with Crippen LogP contribution < -0.4 is 5.48 Å². The first-order valence-corrected chi connectivity index (χ1v) is 9.91. The van der Waals surface area contributed by atoms with Crippen LogP contribution in [0.15, 0.2) is 42.9 Å². The molecule has 1 saturated heterocycles. The van der Waals surface area contributed by atoms with E-state index in [-0.39, 0.29) is 0 Å². The molecule has 4 rings (SSSR count). The number of nitrogens with one attached hydrogen (secondary N) is 1. The molecule has 0 saturated carbocycles.